The number of likely N-dealkylation sites (tertiary alicyclic amines) is 1. The third-order valence-corrected chi connectivity index (χ3v) is 4.18. The monoisotopic (exact) mass is 331 g/mol. The number of benzene rings is 1. The molecule has 1 fully saturated rings. The normalized spacial score (nSPS) is 18.8. The molecule has 0 spiro atoms. The molecule has 1 unspecified atom stereocenters. The molecule has 1 aromatic heterocycles. The fourth-order valence-electron chi connectivity index (χ4n) is 3.07. The van der Waals surface area contributed by atoms with E-state index in [0.717, 1.165) is 36.8 Å². The Morgan fingerprint density at radius 2 is 2.17 bits per heavy atom. The van der Waals surface area contributed by atoms with Gasteiger partial charge in [-0.3, -0.25) is 0 Å². The average Bonchev–Trinajstić information content (AvgIpc) is 2.88. The molecule has 2 heterocycles. The van der Waals surface area contributed by atoms with E-state index in [4.69, 9.17) is 10.5 Å². The van der Waals surface area contributed by atoms with E-state index in [-0.39, 0.29) is 12.1 Å². The maximum absolute atomic E-state index is 12.5. The lowest BCUT2D eigenvalue weighted by Gasteiger charge is -2.36. The zero-order valence-corrected chi connectivity index (χ0v) is 14.5. The number of aromatic nitrogens is 3. The molecular formula is C17H25N5O2. The number of carbonyl (C=O) groups is 1. The van der Waals surface area contributed by atoms with Crippen LogP contribution in [0.15, 0.2) is 18.2 Å². The molecule has 1 atom stereocenters. The minimum Gasteiger partial charge on any atom is -0.444 e. The van der Waals surface area contributed by atoms with Crippen LogP contribution in [0.1, 0.15) is 40.0 Å². The SMILES string of the molecule is CC(C)(C)OC(=O)N1CCCCC1Cn1nnc2cc(N)ccc21. The second-order valence-corrected chi connectivity index (χ2v) is 7.34. The number of nitrogens with two attached hydrogens (primary N) is 1. The lowest BCUT2D eigenvalue weighted by molar-refractivity contribution is 0.00748. The maximum Gasteiger partial charge on any atom is 0.410 e. The number of hydrogen-bond acceptors (Lipinski definition) is 5. The number of anilines is 1. The number of carbonyl (C=O) groups excluding carboxylic acids is 1. The van der Waals surface area contributed by atoms with Gasteiger partial charge in [0.25, 0.3) is 0 Å². The van der Waals surface area contributed by atoms with Gasteiger partial charge in [0.2, 0.25) is 0 Å². The van der Waals surface area contributed by atoms with Crippen LogP contribution in [0, 0.1) is 0 Å². The van der Waals surface area contributed by atoms with Crippen LogP contribution in [0.3, 0.4) is 0 Å². The van der Waals surface area contributed by atoms with Gasteiger partial charge in [0.15, 0.2) is 0 Å². The molecule has 24 heavy (non-hydrogen) atoms. The number of rotatable bonds is 2. The predicted molar refractivity (Wildman–Crippen MR) is 92.5 cm³/mol. The summed E-state index contributed by atoms with van der Waals surface area (Å²) in [5.41, 5.74) is 7.67. The third kappa shape index (κ3) is 3.60. The molecule has 7 nitrogen and oxygen atoms in total. The van der Waals surface area contributed by atoms with Crippen molar-refractivity contribution in [1.82, 2.24) is 19.9 Å². The van der Waals surface area contributed by atoms with Crippen LogP contribution in [-0.2, 0) is 11.3 Å². The van der Waals surface area contributed by atoms with Crippen LogP contribution in [0.4, 0.5) is 10.5 Å². The molecule has 0 bridgehead atoms. The maximum atomic E-state index is 12.5. The smallest absolute Gasteiger partial charge is 0.410 e. The van der Waals surface area contributed by atoms with E-state index in [0.29, 0.717) is 12.2 Å². The quantitative estimate of drug-likeness (QED) is 0.855. The Labute approximate surface area is 141 Å². The van der Waals surface area contributed by atoms with Gasteiger partial charge >= 0.3 is 6.09 Å². The predicted octanol–water partition coefficient (Wildman–Crippen LogP) is 2.80. The summed E-state index contributed by atoms with van der Waals surface area (Å²) in [5.74, 6) is 0. The first-order chi connectivity index (χ1) is 11.3. The van der Waals surface area contributed by atoms with Crippen LogP contribution in [0.5, 0.6) is 0 Å². The number of fused-ring (bicyclic) bond motifs is 1. The molecular weight excluding hydrogens is 306 g/mol. The van der Waals surface area contributed by atoms with Crippen LogP contribution in [-0.4, -0.2) is 44.2 Å². The Morgan fingerprint density at radius 1 is 1.38 bits per heavy atom. The summed E-state index contributed by atoms with van der Waals surface area (Å²) < 4.78 is 7.40. The summed E-state index contributed by atoms with van der Waals surface area (Å²) >= 11 is 0. The Kier molecular flexibility index (Phi) is 4.34. The number of amides is 1. The molecule has 1 aliphatic rings. The van der Waals surface area contributed by atoms with Gasteiger partial charge in [0.05, 0.1) is 18.1 Å². The number of nitrogen functional groups attached to an aromatic ring is 1. The Balaban J connectivity index is 1.79. The standard InChI is InChI=1S/C17H25N5O2/c1-17(2,3)24-16(23)21-9-5-4-6-13(21)11-22-15-8-7-12(18)10-14(15)19-20-22/h7-8,10,13H,4-6,9,11,18H2,1-3H3. The summed E-state index contributed by atoms with van der Waals surface area (Å²) in [6, 6.07) is 5.64. The zero-order valence-electron chi connectivity index (χ0n) is 14.5. The summed E-state index contributed by atoms with van der Waals surface area (Å²) in [6.45, 7) is 7.00. The zero-order chi connectivity index (χ0) is 17.3. The van der Waals surface area contributed by atoms with E-state index in [2.05, 4.69) is 10.3 Å². The molecule has 7 heteroatoms. The summed E-state index contributed by atoms with van der Waals surface area (Å²) in [7, 11) is 0. The van der Waals surface area contributed by atoms with Gasteiger partial charge in [-0.05, 0) is 58.2 Å². The number of hydrogen-bond donors (Lipinski definition) is 1. The summed E-state index contributed by atoms with van der Waals surface area (Å²) in [6.07, 6.45) is 2.80. The minimum absolute atomic E-state index is 0.0658. The van der Waals surface area contributed by atoms with Crippen LogP contribution in [0.2, 0.25) is 0 Å². The Morgan fingerprint density at radius 3 is 2.92 bits per heavy atom. The second-order valence-electron chi connectivity index (χ2n) is 7.34. The second kappa shape index (κ2) is 6.30. The molecule has 1 aliphatic heterocycles. The number of nitrogens with zero attached hydrogens (tertiary/aromatic N) is 4. The van der Waals surface area contributed by atoms with E-state index in [9.17, 15) is 4.79 Å². The number of piperidine rings is 1. The van der Waals surface area contributed by atoms with Crippen molar-refractivity contribution in [2.45, 2.75) is 58.2 Å². The first kappa shape index (κ1) is 16.5. The largest absolute Gasteiger partial charge is 0.444 e. The lowest BCUT2D eigenvalue weighted by Crippen LogP contribution is -2.48. The first-order valence-electron chi connectivity index (χ1n) is 8.42. The molecule has 1 aromatic carbocycles. The van der Waals surface area contributed by atoms with Crippen LogP contribution >= 0.6 is 0 Å². The summed E-state index contributed by atoms with van der Waals surface area (Å²) in [4.78, 5) is 14.3. The average molecular weight is 331 g/mol. The van der Waals surface area contributed by atoms with E-state index in [1.54, 1.807) is 0 Å². The highest BCUT2D eigenvalue weighted by molar-refractivity contribution is 5.78. The van der Waals surface area contributed by atoms with Crippen molar-refractivity contribution in [3.63, 3.8) is 0 Å². The molecule has 130 valence electrons. The van der Waals surface area contributed by atoms with Gasteiger partial charge in [-0.25, -0.2) is 9.48 Å². The van der Waals surface area contributed by atoms with Crippen molar-refractivity contribution >= 4 is 22.8 Å². The number of ether oxygens (including phenoxy) is 1. The lowest BCUT2D eigenvalue weighted by atomic mass is 10.0. The van der Waals surface area contributed by atoms with E-state index < -0.39 is 5.60 Å². The van der Waals surface area contributed by atoms with E-state index in [1.807, 2.05) is 48.6 Å². The van der Waals surface area contributed by atoms with E-state index in [1.165, 1.54) is 0 Å². The molecule has 0 saturated carbocycles. The Hall–Kier alpha value is -2.31. The van der Waals surface area contributed by atoms with Gasteiger partial charge in [-0.15, -0.1) is 5.10 Å². The molecule has 2 N–H and O–H groups in total. The highest BCUT2D eigenvalue weighted by Crippen LogP contribution is 2.23. The van der Waals surface area contributed by atoms with Crippen LogP contribution in [0.25, 0.3) is 11.0 Å². The van der Waals surface area contributed by atoms with Crippen molar-refractivity contribution in [3.05, 3.63) is 18.2 Å². The van der Waals surface area contributed by atoms with E-state index >= 15 is 0 Å². The van der Waals surface area contributed by atoms with Crippen molar-refractivity contribution in [2.24, 2.45) is 0 Å². The highest BCUT2D eigenvalue weighted by atomic mass is 16.6. The topological polar surface area (TPSA) is 86.3 Å². The Bertz CT molecular complexity index is 734. The highest BCUT2D eigenvalue weighted by Gasteiger charge is 2.31. The molecule has 0 aliphatic carbocycles. The molecule has 1 amide bonds. The minimum atomic E-state index is -0.490. The van der Waals surface area contributed by atoms with Crippen LogP contribution < -0.4 is 5.73 Å². The van der Waals surface area contributed by atoms with Gasteiger partial charge in [0, 0.05) is 12.2 Å². The molecule has 1 saturated heterocycles. The first-order valence-corrected chi connectivity index (χ1v) is 8.42. The van der Waals surface area contributed by atoms with Gasteiger partial charge in [0.1, 0.15) is 11.1 Å². The fourth-order valence-corrected chi connectivity index (χ4v) is 3.07. The van der Waals surface area contributed by atoms with Gasteiger partial charge < -0.3 is 15.4 Å². The third-order valence-electron chi connectivity index (χ3n) is 4.18. The van der Waals surface area contributed by atoms with Crippen molar-refractivity contribution < 1.29 is 9.53 Å². The van der Waals surface area contributed by atoms with Crippen molar-refractivity contribution in [2.75, 3.05) is 12.3 Å². The van der Waals surface area contributed by atoms with Crippen molar-refractivity contribution in [3.8, 4) is 0 Å². The van der Waals surface area contributed by atoms with Gasteiger partial charge in [-0.2, -0.15) is 0 Å². The van der Waals surface area contributed by atoms with Gasteiger partial charge in [-0.1, -0.05) is 5.21 Å². The fraction of sp³-hybridized carbons (Fsp3) is 0.588. The molecule has 3 rings (SSSR count). The molecule has 2 aromatic rings. The molecule has 0 radical (unpaired) electrons. The summed E-state index contributed by atoms with van der Waals surface area (Å²) in [5, 5.41) is 8.40. The van der Waals surface area contributed by atoms with Crippen molar-refractivity contribution in [1.29, 1.82) is 0 Å².